The number of aryl methyl sites for hydroxylation is 1. The maximum absolute atomic E-state index is 11.1. The molecular weight excluding hydrogens is 254 g/mol. The summed E-state index contributed by atoms with van der Waals surface area (Å²) in [5, 5.41) is 16.5. The van der Waals surface area contributed by atoms with Crippen LogP contribution in [0.3, 0.4) is 0 Å². The topological polar surface area (TPSA) is 93.8 Å². The zero-order valence-corrected chi connectivity index (χ0v) is 10.7. The molecule has 18 heavy (non-hydrogen) atoms. The number of hydrogen-bond donors (Lipinski definition) is 1. The average Bonchev–Trinajstić information content (AvgIpc) is 2.80. The van der Waals surface area contributed by atoms with E-state index in [-0.39, 0.29) is 5.69 Å². The number of hydrogen-bond acceptors (Lipinski definition) is 7. The predicted molar refractivity (Wildman–Crippen MR) is 67.9 cm³/mol. The first-order valence-corrected chi connectivity index (χ1v) is 6.07. The largest absolute Gasteiger partial charge is 0.357 e. The molecule has 2 rings (SSSR count). The van der Waals surface area contributed by atoms with Crippen LogP contribution >= 0.6 is 11.3 Å². The first-order chi connectivity index (χ1) is 8.61. The van der Waals surface area contributed by atoms with Crippen LogP contribution in [0.2, 0.25) is 0 Å². The lowest BCUT2D eigenvalue weighted by atomic mass is 10.2. The SMILES string of the molecule is CNc1nc(C)c([N+](=O)[O-])c(Cc2nccs2)n1. The summed E-state index contributed by atoms with van der Waals surface area (Å²) >= 11 is 1.44. The molecule has 2 aromatic heterocycles. The van der Waals surface area contributed by atoms with E-state index in [1.54, 1.807) is 20.2 Å². The van der Waals surface area contributed by atoms with Gasteiger partial charge in [0, 0.05) is 25.0 Å². The lowest BCUT2D eigenvalue weighted by Gasteiger charge is -2.05. The van der Waals surface area contributed by atoms with Crippen LogP contribution in [0.5, 0.6) is 0 Å². The summed E-state index contributed by atoms with van der Waals surface area (Å²) in [5.41, 5.74) is 0.696. The van der Waals surface area contributed by atoms with Gasteiger partial charge in [-0.1, -0.05) is 0 Å². The molecule has 0 aliphatic heterocycles. The Kier molecular flexibility index (Phi) is 3.47. The van der Waals surface area contributed by atoms with Crippen LogP contribution in [0.25, 0.3) is 0 Å². The van der Waals surface area contributed by atoms with Crippen LogP contribution in [0.15, 0.2) is 11.6 Å². The summed E-state index contributed by atoms with van der Waals surface area (Å²) in [7, 11) is 1.67. The van der Waals surface area contributed by atoms with Gasteiger partial charge in [-0.05, 0) is 6.92 Å². The zero-order valence-electron chi connectivity index (χ0n) is 9.88. The zero-order chi connectivity index (χ0) is 13.1. The Bertz CT molecular complexity index is 570. The Hall–Kier alpha value is -2.09. The lowest BCUT2D eigenvalue weighted by molar-refractivity contribution is -0.386. The third-order valence-corrected chi connectivity index (χ3v) is 3.12. The predicted octanol–water partition coefficient (Wildman–Crippen LogP) is 1.78. The van der Waals surface area contributed by atoms with Crippen LogP contribution < -0.4 is 5.32 Å². The molecule has 0 unspecified atom stereocenters. The van der Waals surface area contributed by atoms with Crippen LogP contribution in [0.1, 0.15) is 16.4 Å². The van der Waals surface area contributed by atoms with E-state index in [4.69, 9.17) is 0 Å². The van der Waals surface area contributed by atoms with Gasteiger partial charge in [0.25, 0.3) is 0 Å². The molecule has 0 aromatic carbocycles. The van der Waals surface area contributed by atoms with Crippen molar-refractivity contribution in [2.24, 2.45) is 0 Å². The Labute approximate surface area is 107 Å². The highest BCUT2D eigenvalue weighted by Crippen LogP contribution is 2.24. The van der Waals surface area contributed by atoms with Crippen molar-refractivity contribution in [3.8, 4) is 0 Å². The number of anilines is 1. The number of aromatic nitrogens is 3. The number of nitro groups is 1. The van der Waals surface area contributed by atoms with Crippen molar-refractivity contribution in [2.45, 2.75) is 13.3 Å². The Morgan fingerprint density at radius 2 is 2.28 bits per heavy atom. The molecule has 7 nitrogen and oxygen atoms in total. The fourth-order valence-corrected chi connectivity index (χ4v) is 2.20. The highest BCUT2D eigenvalue weighted by atomic mass is 32.1. The van der Waals surface area contributed by atoms with Gasteiger partial charge in [-0.15, -0.1) is 11.3 Å². The van der Waals surface area contributed by atoms with Gasteiger partial charge >= 0.3 is 5.69 Å². The van der Waals surface area contributed by atoms with Gasteiger partial charge in [-0.25, -0.2) is 15.0 Å². The van der Waals surface area contributed by atoms with Crippen molar-refractivity contribution in [1.82, 2.24) is 15.0 Å². The number of thiazole rings is 1. The van der Waals surface area contributed by atoms with E-state index in [1.807, 2.05) is 5.38 Å². The Balaban J connectivity index is 2.48. The van der Waals surface area contributed by atoms with E-state index >= 15 is 0 Å². The molecular formula is C10H11N5O2S. The van der Waals surface area contributed by atoms with E-state index in [1.165, 1.54) is 11.3 Å². The molecule has 0 amide bonds. The summed E-state index contributed by atoms with van der Waals surface area (Å²) in [6.45, 7) is 1.60. The van der Waals surface area contributed by atoms with Crippen molar-refractivity contribution in [1.29, 1.82) is 0 Å². The van der Waals surface area contributed by atoms with Crippen molar-refractivity contribution in [2.75, 3.05) is 12.4 Å². The molecule has 0 saturated heterocycles. The van der Waals surface area contributed by atoms with Gasteiger partial charge in [-0.3, -0.25) is 10.1 Å². The summed E-state index contributed by atoms with van der Waals surface area (Å²) in [6, 6.07) is 0. The van der Waals surface area contributed by atoms with Crippen LogP contribution in [-0.4, -0.2) is 26.9 Å². The lowest BCUT2D eigenvalue weighted by Crippen LogP contribution is -2.07. The molecule has 0 aliphatic rings. The molecule has 0 bridgehead atoms. The van der Waals surface area contributed by atoms with Gasteiger partial charge in [0.2, 0.25) is 5.95 Å². The maximum atomic E-state index is 11.1. The second kappa shape index (κ2) is 5.05. The van der Waals surface area contributed by atoms with Gasteiger partial charge < -0.3 is 5.32 Å². The summed E-state index contributed by atoms with van der Waals surface area (Å²) in [5.74, 6) is 0.379. The van der Waals surface area contributed by atoms with Gasteiger partial charge in [0.05, 0.1) is 9.93 Å². The Morgan fingerprint density at radius 3 is 2.83 bits per heavy atom. The molecule has 1 N–H and O–H groups in total. The van der Waals surface area contributed by atoms with E-state index in [2.05, 4.69) is 20.3 Å². The number of nitrogens with one attached hydrogen (secondary N) is 1. The van der Waals surface area contributed by atoms with E-state index in [9.17, 15) is 10.1 Å². The summed E-state index contributed by atoms with van der Waals surface area (Å²) in [4.78, 5) is 22.9. The fraction of sp³-hybridized carbons (Fsp3) is 0.300. The molecule has 0 atom stereocenters. The maximum Gasteiger partial charge on any atom is 0.312 e. The first-order valence-electron chi connectivity index (χ1n) is 5.20. The molecule has 8 heteroatoms. The van der Waals surface area contributed by atoms with Crippen LogP contribution in [-0.2, 0) is 6.42 Å². The summed E-state index contributed by atoms with van der Waals surface area (Å²) in [6.07, 6.45) is 2.00. The van der Waals surface area contributed by atoms with E-state index in [0.29, 0.717) is 23.8 Å². The summed E-state index contributed by atoms with van der Waals surface area (Å²) < 4.78 is 0. The van der Waals surface area contributed by atoms with Crippen molar-refractivity contribution in [3.63, 3.8) is 0 Å². The monoisotopic (exact) mass is 265 g/mol. The minimum Gasteiger partial charge on any atom is -0.357 e. The molecule has 0 radical (unpaired) electrons. The number of rotatable bonds is 4. The van der Waals surface area contributed by atoms with Crippen LogP contribution in [0.4, 0.5) is 11.6 Å². The highest BCUT2D eigenvalue weighted by molar-refractivity contribution is 7.09. The van der Waals surface area contributed by atoms with Crippen molar-refractivity contribution in [3.05, 3.63) is 38.1 Å². The minimum atomic E-state index is -0.447. The quantitative estimate of drug-likeness (QED) is 0.669. The van der Waals surface area contributed by atoms with Crippen LogP contribution in [0, 0.1) is 17.0 Å². The van der Waals surface area contributed by atoms with Gasteiger partial charge in [0.15, 0.2) is 0 Å². The molecule has 2 aromatic rings. The molecule has 0 fully saturated rings. The normalized spacial score (nSPS) is 10.3. The van der Waals surface area contributed by atoms with Crippen molar-refractivity contribution >= 4 is 23.0 Å². The average molecular weight is 265 g/mol. The molecule has 94 valence electrons. The third kappa shape index (κ3) is 2.43. The van der Waals surface area contributed by atoms with Gasteiger partial charge in [-0.2, -0.15) is 0 Å². The smallest absolute Gasteiger partial charge is 0.312 e. The second-order valence-electron chi connectivity index (χ2n) is 3.54. The molecule has 0 spiro atoms. The third-order valence-electron chi connectivity index (χ3n) is 2.34. The van der Waals surface area contributed by atoms with Gasteiger partial charge in [0.1, 0.15) is 11.4 Å². The fourth-order valence-electron chi connectivity index (χ4n) is 1.58. The standard InChI is InChI=1S/C10H11N5O2S/c1-6-9(15(16)17)7(14-10(11-2)13-6)5-8-12-3-4-18-8/h3-4H,5H2,1-2H3,(H,11,13,14). The number of nitrogens with zero attached hydrogens (tertiary/aromatic N) is 4. The van der Waals surface area contributed by atoms with E-state index < -0.39 is 4.92 Å². The van der Waals surface area contributed by atoms with E-state index in [0.717, 1.165) is 5.01 Å². The minimum absolute atomic E-state index is 0.0378. The van der Waals surface area contributed by atoms with Crippen molar-refractivity contribution < 1.29 is 4.92 Å². The Morgan fingerprint density at radius 1 is 1.50 bits per heavy atom. The molecule has 0 aliphatic carbocycles. The highest BCUT2D eigenvalue weighted by Gasteiger charge is 2.22. The first kappa shape index (κ1) is 12.4. The second-order valence-corrected chi connectivity index (χ2v) is 4.52. The molecule has 0 saturated carbocycles. The molecule has 2 heterocycles.